The average molecular weight is 228 g/mol. The quantitative estimate of drug-likeness (QED) is 0.663. The second-order valence-electron chi connectivity index (χ2n) is 5.61. The van der Waals surface area contributed by atoms with E-state index in [1.54, 1.807) is 4.90 Å². The molecule has 2 unspecified atom stereocenters. The van der Waals surface area contributed by atoms with Crippen molar-refractivity contribution in [1.82, 2.24) is 4.90 Å². The summed E-state index contributed by atoms with van der Waals surface area (Å²) in [5.41, 5.74) is 5.23. The summed E-state index contributed by atoms with van der Waals surface area (Å²) < 4.78 is 10.7. The predicted molar refractivity (Wildman–Crippen MR) is 59.1 cm³/mol. The van der Waals surface area contributed by atoms with E-state index in [1.807, 2.05) is 20.8 Å². The van der Waals surface area contributed by atoms with Gasteiger partial charge in [0.2, 0.25) is 0 Å². The van der Waals surface area contributed by atoms with Gasteiger partial charge in [-0.2, -0.15) is 0 Å². The minimum absolute atomic E-state index is 0.0891. The molecule has 2 aliphatic rings. The number of rotatable bonds is 0. The molecule has 0 bridgehead atoms. The number of likely N-dealkylation sites (tertiary alicyclic amines) is 1. The number of nitrogens with zero attached hydrogens (tertiary/aromatic N) is 1. The summed E-state index contributed by atoms with van der Waals surface area (Å²) in [5.74, 6) is 0. The van der Waals surface area contributed by atoms with Crippen LogP contribution in [-0.2, 0) is 9.47 Å². The molecule has 1 amide bonds. The van der Waals surface area contributed by atoms with Crippen LogP contribution in [0.15, 0.2) is 0 Å². The zero-order chi connectivity index (χ0) is 12.0. The van der Waals surface area contributed by atoms with Gasteiger partial charge in [0, 0.05) is 6.54 Å². The molecule has 5 nitrogen and oxygen atoms in total. The van der Waals surface area contributed by atoms with E-state index < -0.39 is 5.60 Å². The van der Waals surface area contributed by atoms with Gasteiger partial charge in [-0.05, 0) is 27.2 Å². The standard InChI is InChI=1S/C11H20N2O3/c1-10(2,3)16-9(14)13-5-4-11(13)7-15-6-8(11)12/h8H,4-7,12H2,1-3H3. The van der Waals surface area contributed by atoms with Crippen LogP contribution in [0.25, 0.3) is 0 Å². The van der Waals surface area contributed by atoms with Crippen LogP contribution < -0.4 is 5.73 Å². The highest BCUT2D eigenvalue weighted by molar-refractivity contribution is 5.71. The monoisotopic (exact) mass is 228 g/mol. The first-order valence-corrected chi connectivity index (χ1v) is 5.69. The third-order valence-corrected chi connectivity index (χ3v) is 3.26. The third kappa shape index (κ3) is 1.78. The number of carbonyl (C=O) groups is 1. The van der Waals surface area contributed by atoms with Gasteiger partial charge >= 0.3 is 6.09 Å². The van der Waals surface area contributed by atoms with Crippen LogP contribution in [0.3, 0.4) is 0 Å². The van der Waals surface area contributed by atoms with E-state index in [0.717, 1.165) is 6.42 Å². The van der Waals surface area contributed by atoms with Crippen LogP contribution in [-0.4, -0.2) is 47.9 Å². The molecule has 2 heterocycles. The molecule has 2 saturated heterocycles. The Morgan fingerprint density at radius 3 is 2.62 bits per heavy atom. The second-order valence-corrected chi connectivity index (χ2v) is 5.61. The van der Waals surface area contributed by atoms with Crippen LogP contribution >= 0.6 is 0 Å². The molecule has 0 aromatic carbocycles. The van der Waals surface area contributed by atoms with Gasteiger partial charge in [0.25, 0.3) is 0 Å². The van der Waals surface area contributed by atoms with Crippen molar-refractivity contribution in [1.29, 1.82) is 0 Å². The Morgan fingerprint density at radius 1 is 1.56 bits per heavy atom. The van der Waals surface area contributed by atoms with Crippen molar-refractivity contribution in [3.8, 4) is 0 Å². The lowest BCUT2D eigenvalue weighted by Gasteiger charge is -2.51. The van der Waals surface area contributed by atoms with Gasteiger partial charge in [-0.1, -0.05) is 0 Å². The molecule has 5 heteroatoms. The molecule has 0 radical (unpaired) electrons. The number of hydrogen-bond donors (Lipinski definition) is 1. The summed E-state index contributed by atoms with van der Waals surface area (Å²) in [6.07, 6.45) is 0.632. The van der Waals surface area contributed by atoms with Gasteiger partial charge < -0.3 is 15.2 Å². The Balaban J connectivity index is 2.03. The van der Waals surface area contributed by atoms with Gasteiger partial charge in [0.1, 0.15) is 5.60 Å². The topological polar surface area (TPSA) is 64.8 Å². The maximum Gasteiger partial charge on any atom is 0.410 e. The summed E-state index contributed by atoms with van der Waals surface area (Å²) >= 11 is 0. The molecule has 2 rings (SSSR count). The molecule has 0 aliphatic carbocycles. The SMILES string of the molecule is CC(C)(C)OC(=O)N1CCC12COCC2N. The average Bonchev–Trinajstić information content (AvgIpc) is 2.43. The molecule has 2 aliphatic heterocycles. The Morgan fingerprint density at radius 2 is 2.25 bits per heavy atom. The maximum atomic E-state index is 11.9. The Labute approximate surface area is 95.9 Å². The molecular weight excluding hydrogens is 208 g/mol. The van der Waals surface area contributed by atoms with E-state index in [4.69, 9.17) is 15.2 Å². The molecule has 2 fully saturated rings. The summed E-state index contributed by atoms with van der Waals surface area (Å²) in [4.78, 5) is 13.7. The molecular formula is C11H20N2O3. The number of ether oxygens (including phenoxy) is 2. The second kappa shape index (κ2) is 3.60. The van der Waals surface area contributed by atoms with E-state index in [2.05, 4.69) is 0 Å². The molecule has 0 aromatic rings. The fourth-order valence-corrected chi connectivity index (χ4v) is 2.26. The molecule has 0 saturated carbocycles. The zero-order valence-corrected chi connectivity index (χ0v) is 10.2. The number of amides is 1. The van der Waals surface area contributed by atoms with Crippen molar-refractivity contribution in [3.63, 3.8) is 0 Å². The molecule has 0 aromatic heterocycles. The largest absolute Gasteiger partial charge is 0.444 e. The van der Waals surface area contributed by atoms with Gasteiger partial charge in [-0.3, -0.25) is 4.90 Å². The fraction of sp³-hybridized carbons (Fsp3) is 0.909. The molecule has 92 valence electrons. The highest BCUT2D eigenvalue weighted by atomic mass is 16.6. The molecule has 2 N–H and O–H groups in total. The first-order chi connectivity index (χ1) is 7.35. The predicted octanol–water partition coefficient (Wildman–Crippen LogP) is 0.724. The molecule has 16 heavy (non-hydrogen) atoms. The van der Waals surface area contributed by atoms with Gasteiger partial charge in [0.15, 0.2) is 0 Å². The van der Waals surface area contributed by atoms with E-state index in [0.29, 0.717) is 19.8 Å². The fourth-order valence-electron chi connectivity index (χ4n) is 2.26. The van der Waals surface area contributed by atoms with Crippen molar-refractivity contribution in [2.75, 3.05) is 19.8 Å². The number of carbonyl (C=O) groups excluding carboxylic acids is 1. The van der Waals surface area contributed by atoms with Gasteiger partial charge in [-0.15, -0.1) is 0 Å². The Hall–Kier alpha value is -0.810. The first-order valence-electron chi connectivity index (χ1n) is 5.69. The lowest BCUT2D eigenvalue weighted by molar-refractivity contribution is -0.0511. The summed E-state index contributed by atoms with van der Waals surface area (Å²) in [5, 5.41) is 0. The summed E-state index contributed by atoms with van der Waals surface area (Å²) in [7, 11) is 0. The first kappa shape index (κ1) is 11.7. The van der Waals surface area contributed by atoms with E-state index in [-0.39, 0.29) is 17.7 Å². The van der Waals surface area contributed by atoms with Crippen molar-refractivity contribution in [3.05, 3.63) is 0 Å². The lowest BCUT2D eigenvalue weighted by Crippen LogP contribution is -2.70. The summed E-state index contributed by atoms with van der Waals surface area (Å²) in [6, 6.07) is -0.0891. The van der Waals surface area contributed by atoms with E-state index in [1.165, 1.54) is 0 Å². The van der Waals surface area contributed by atoms with E-state index >= 15 is 0 Å². The maximum absolute atomic E-state index is 11.9. The van der Waals surface area contributed by atoms with Crippen molar-refractivity contribution < 1.29 is 14.3 Å². The van der Waals surface area contributed by atoms with Crippen LogP contribution in [0, 0.1) is 0 Å². The van der Waals surface area contributed by atoms with Crippen LogP contribution in [0.5, 0.6) is 0 Å². The Bertz CT molecular complexity index is 300. The van der Waals surface area contributed by atoms with Crippen molar-refractivity contribution in [2.24, 2.45) is 5.73 Å². The van der Waals surface area contributed by atoms with Crippen LogP contribution in [0.4, 0.5) is 4.79 Å². The highest BCUT2D eigenvalue weighted by Crippen LogP contribution is 2.38. The van der Waals surface area contributed by atoms with Crippen molar-refractivity contribution >= 4 is 6.09 Å². The highest BCUT2D eigenvalue weighted by Gasteiger charge is 2.55. The number of nitrogens with two attached hydrogens (primary N) is 1. The van der Waals surface area contributed by atoms with Crippen molar-refractivity contribution in [2.45, 2.75) is 44.4 Å². The van der Waals surface area contributed by atoms with Crippen LogP contribution in [0.1, 0.15) is 27.2 Å². The van der Waals surface area contributed by atoms with Crippen LogP contribution in [0.2, 0.25) is 0 Å². The zero-order valence-electron chi connectivity index (χ0n) is 10.2. The minimum atomic E-state index is -0.461. The third-order valence-electron chi connectivity index (χ3n) is 3.26. The van der Waals surface area contributed by atoms with Gasteiger partial charge in [0.05, 0.1) is 24.8 Å². The molecule has 1 spiro atoms. The Kier molecular flexibility index (Phi) is 2.62. The minimum Gasteiger partial charge on any atom is -0.444 e. The van der Waals surface area contributed by atoms with Gasteiger partial charge in [-0.25, -0.2) is 4.79 Å². The molecule has 2 atom stereocenters. The smallest absolute Gasteiger partial charge is 0.410 e. The lowest BCUT2D eigenvalue weighted by atomic mass is 9.81. The summed E-state index contributed by atoms with van der Waals surface area (Å²) in [6.45, 7) is 7.37. The van der Waals surface area contributed by atoms with E-state index in [9.17, 15) is 4.79 Å². The number of hydrogen-bond acceptors (Lipinski definition) is 4. The normalized spacial score (nSPS) is 34.0.